The molecule has 0 aliphatic rings. The molecule has 0 aromatic carbocycles. The van der Waals surface area contributed by atoms with Gasteiger partial charge in [0.1, 0.15) is 5.69 Å². The van der Waals surface area contributed by atoms with Crippen molar-refractivity contribution in [1.82, 2.24) is 15.3 Å². The Morgan fingerprint density at radius 3 is 2.52 bits per heavy atom. The molecule has 0 spiro atoms. The summed E-state index contributed by atoms with van der Waals surface area (Å²) in [7, 11) is 0. The second-order valence-corrected chi connectivity index (χ2v) is 5.06. The minimum atomic E-state index is -4.55. The first-order valence-electron chi connectivity index (χ1n) is 6.69. The molecule has 2 rings (SSSR count). The third kappa shape index (κ3) is 3.97. The first-order chi connectivity index (χ1) is 10.7. The molecular weight excluding hydrogens is 311 g/mol. The second-order valence-electron chi connectivity index (χ2n) is 5.06. The van der Waals surface area contributed by atoms with Crippen molar-refractivity contribution in [2.45, 2.75) is 26.6 Å². The molecule has 0 aliphatic carbocycles. The Morgan fingerprint density at radius 1 is 1.30 bits per heavy atom. The molecule has 0 unspecified atom stereocenters. The van der Waals surface area contributed by atoms with Gasteiger partial charge >= 0.3 is 6.18 Å². The maximum Gasteiger partial charge on any atom is 0.433 e. The van der Waals surface area contributed by atoms with E-state index in [4.69, 9.17) is 0 Å². The average molecular weight is 325 g/mol. The van der Waals surface area contributed by atoms with Crippen LogP contribution in [-0.2, 0) is 12.7 Å². The summed E-state index contributed by atoms with van der Waals surface area (Å²) >= 11 is 0. The van der Waals surface area contributed by atoms with Crippen LogP contribution in [0.3, 0.4) is 0 Å². The van der Waals surface area contributed by atoms with Gasteiger partial charge in [-0.2, -0.15) is 13.2 Å². The first kappa shape index (κ1) is 16.7. The van der Waals surface area contributed by atoms with Gasteiger partial charge < -0.3 is 10.3 Å². The Hall–Kier alpha value is -2.64. The van der Waals surface area contributed by atoms with Crippen LogP contribution in [0.1, 0.15) is 32.9 Å². The van der Waals surface area contributed by atoms with Crippen molar-refractivity contribution in [3.63, 3.8) is 0 Å². The second kappa shape index (κ2) is 6.23. The number of pyridine rings is 2. The predicted octanol–water partition coefficient (Wildman–Crippen LogP) is 2.34. The fourth-order valence-electron chi connectivity index (χ4n) is 2.07. The molecule has 2 heterocycles. The highest BCUT2D eigenvalue weighted by atomic mass is 19.4. The van der Waals surface area contributed by atoms with Crippen molar-refractivity contribution < 1.29 is 18.0 Å². The summed E-state index contributed by atoms with van der Waals surface area (Å²) in [6.45, 7) is 3.45. The average Bonchev–Trinajstić information content (AvgIpc) is 2.45. The van der Waals surface area contributed by atoms with Crippen LogP contribution >= 0.6 is 0 Å². The lowest BCUT2D eigenvalue weighted by Crippen LogP contribution is -2.28. The van der Waals surface area contributed by atoms with Crippen LogP contribution in [-0.4, -0.2) is 15.9 Å². The van der Waals surface area contributed by atoms with Crippen LogP contribution in [0, 0.1) is 13.8 Å². The molecule has 122 valence electrons. The summed E-state index contributed by atoms with van der Waals surface area (Å²) < 4.78 is 37.2. The van der Waals surface area contributed by atoms with Crippen molar-refractivity contribution in [2.75, 3.05) is 0 Å². The summed E-state index contributed by atoms with van der Waals surface area (Å²) in [5.41, 5.74) is 0.419. The van der Waals surface area contributed by atoms with Crippen molar-refractivity contribution >= 4 is 5.91 Å². The third-order valence-corrected chi connectivity index (χ3v) is 3.24. The molecule has 1 amide bonds. The number of hydrogen-bond donors (Lipinski definition) is 2. The summed E-state index contributed by atoms with van der Waals surface area (Å²) in [6, 6.07) is 3.54. The highest BCUT2D eigenvalue weighted by Gasteiger charge is 2.32. The van der Waals surface area contributed by atoms with E-state index in [0.29, 0.717) is 11.3 Å². The van der Waals surface area contributed by atoms with Crippen molar-refractivity contribution in [3.05, 3.63) is 62.8 Å². The minimum absolute atomic E-state index is 0.0146. The number of aryl methyl sites for hydroxylation is 2. The van der Waals surface area contributed by atoms with Crippen molar-refractivity contribution in [3.8, 4) is 0 Å². The Kier molecular flexibility index (Phi) is 4.53. The topological polar surface area (TPSA) is 74.8 Å². The molecule has 0 fully saturated rings. The van der Waals surface area contributed by atoms with Gasteiger partial charge in [0, 0.05) is 24.0 Å². The predicted molar refractivity (Wildman–Crippen MR) is 76.9 cm³/mol. The number of aromatic amines is 1. The summed E-state index contributed by atoms with van der Waals surface area (Å²) in [4.78, 5) is 29.6. The minimum Gasteiger partial charge on any atom is -0.348 e. The number of aromatic nitrogens is 2. The molecule has 0 aliphatic heterocycles. The van der Waals surface area contributed by atoms with Gasteiger partial charge in [0.15, 0.2) is 0 Å². The SMILES string of the molecule is Cc1cc(C)c(CNC(=O)c2ccc(C(F)(F)F)nc2)c(=O)[nH]1. The fraction of sp³-hybridized carbons (Fsp3) is 0.267. The van der Waals surface area contributed by atoms with Crippen molar-refractivity contribution in [1.29, 1.82) is 0 Å². The molecular formula is C15H14F3N3O2. The highest BCUT2D eigenvalue weighted by molar-refractivity contribution is 5.93. The van der Waals surface area contributed by atoms with Gasteiger partial charge in [0.2, 0.25) is 0 Å². The lowest BCUT2D eigenvalue weighted by molar-refractivity contribution is -0.141. The monoisotopic (exact) mass is 325 g/mol. The van der Waals surface area contributed by atoms with Gasteiger partial charge in [-0.1, -0.05) is 0 Å². The number of nitrogens with zero attached hydrogens (tertiary/aromatic N) is 1. The Balaban J connectivity index is 2.10. The van der Waals surface area contributed by atoms with Gasteiger partial charge in [-0.15, -0.1) is 0 Å². The summed E-state index contributed by atoms with van der Waals surface area (Å²) in [6.07, 6.45) is -3.70. The maximum atomic E-state index is 12.4. The molecule has 0 bridgehead atoms. The molecule has 0 saturated heterocycles. The number of H-pyrrole nitrogens is 1. The van der Waals surface area contributed by atoms with Crippen LogP contribution in [0.25, 0.3) is 0 Å². The van der Waals surface area contributed by atoms with Crippen LogP contribution in [0.2, 0.25) is 0 Å². The van der Waals surface area contributed by atoms with E-state index in [-0.39, 0.29) is 17.7 Å². The lowest BCUT2D eigenvalue weighted by Gasteiger charge is -2.09. The van der Waals surface area contributed by atoms with E-state index in [0.717, 1.165) is 23.9 Å². The molecule has 8 heteroatoms. The van der Waals surface area contributed by atoms with E-state index < -0.39 is 17.8 Å². The molecule has 0 atom stereocenters. The zero-order valence-corrected chi connectivity index (χ0v) is 12.4. The molecule has 23 heavy (non-hydrogen) atoms. The first-order valence-corrected chi connectivity index (χ1v) is 6.69. The Morgan fingerprint density at radius 2 is 2.00 bits per heavy atom. The molecule has 0 radical (unpaired) electrons. The number of carbonyl (C=O) groups excluding carboxylic acids is 1. The quantitative estimate of drug-likeness (QED) is 0.909. The third-order valence-electron chi connectivity index (χ3n) is 3.24. The van der Waals surface area contributed by atoms with Gasteiger partial charge in [0.25, 0.3) is 11.5 Å². The van der Waals surface area contributed by atoms with Gasteiger partial charge in [-0.3, -0.25) is 14.6 Å². The van der Waals surface area contributed by atoms with Crippen LogP contribution in [0.4, 0.5) is 13.2 Å². The molecule has 2 aromatic heterocycles. The molecule has 5 nitrogen and oxygen atoms in total. The molecule has 0 saturated carbocycles. The van der Waals surface area contributed by atoms with Crippen LogP contribution in [0.15, 0.2) is 29.2 Å². The highest BCUT2D eigenvalue weighted by Crippen LogP contribution is 2.27. The number of rotatable bonds is 3. The van der Waals surface area contributed by atoms with E-state index >= 15 is 0 Å². The van der Waals surface area contributed by atoms with E-state index in [2.05, 4.69) is 15.3 Å². The van der Waals surface area contributed by atoms with Gasteiger partial charge in [-0.25, -0.2) is 0 Å². The van der Waals surface area contributed by atoms with E-state index in [1.54, 1.807) is 19.9 Å². The number of nitrogens with one attached hydrogen (secondary N) is 2. The van der Waals surface area contributed by atoms with Crippen molar-refractivity contribution in [2.24, 2.45) is 0 Å². The fourth-order valence-corrected chi connectivity index (χ4v) is 2.07. The van der Waals surface area contributed by atoms with E-state index in [9.17, 15) is 22.8 Å². The number of halogens is 3. The van der Waals surface area contributed by atoms with Gasteiger partial charge in [-0.05, 0) is 37.6 Å². The van der Waals surface area contributed by atoms with E-state index in [1.165, 1.54) is 0 Å². The number of hydrogen-bond acceptors (Lipinski definition) is 3. The van der Waals surface area contributed by atoms with Gasteiger partial charge in [0.05, 0.1) is 5.56 Å². The largest absolute Gasteiger partial charge is 0.433 e. The zero-order valence-electron chi connectivity index (χ0n) is 12.4. The number of amides is 1. The summed E-state index contributed by atoms with van der Waals surface area (Å²) in [5, 5.41) is 2.49. The lowest BCUT2D eigenvalue weighted by atomic mass is 10.1. The van der Waals surface area contributed by atoms with Crippen LogP contribution in [0.5, 0.6) is 0 Å². The van der Waals surface area contributed by atoms with Crippen LogP contribution < -0.4 is 10.9 Å². The maximum absolute atomic E-state index is 12.4. The standard InChI is InChI=1S/C15H14F3N3O2/c1-8-5-9(2)21-14(23)11(8)7-20-13(22)10-3-4-12(19-6-10)15(16,17)18/h3-6H,7H2,1-2H3,(H,20,22)(H,21,23). The number of carbonyl (C=O) groups is 1. The molecule has 2 N–H and O–H groups in total. The smallest absolute Gasteiger partial charge is 0.348 e. The van der Waals surface area contributed by atoms with E-state index in [1.807, 2.05) is 0 Å². The Bertz CT molecular complexity index is 780. The number of alkyl halides is 3. The Labute approximate surface area is 129 Å². The zero-order chi connectivity index (χ0) is 17.2. The normalized spacial score (nSPS) is 11.3. The molecule has 2 aromatic rings. The summed E-state index contributed by atoms with van der Waals surface area (Å²) in [5.74, 6) is -0.606.